The van der Waals surface area contributed by atoms with E-state index in [1.165, 1.54) is 0 Å². The molecule has 3 nitrogen and oxygen atoms in total. The number of halogens is 1. The highest BCUT2D eigenvalue weighted by Gasteiger charge is 2.12. The van der Waals surface area contributed by atoms with Crippen LogP contribution in [0, 0.1) is 13.8 Å². The Bertz CT molecular complexity index is 643. The summed E-state index contributed by atoms with van der Waals surface area (Å²) in [5, 5.41) is 0. The minimum Gasteiger partial charge on any atom is -0.438 e. The van der Waals surface area contributed by atoms with Crippen molar-refractivity contribution in [2.24, 2.45) is 5.73 Å². The second kappa shape index (κ2) is 5.67. The second-order valence-electron chi connectivity index (χ2n) is 4.19. The third-order valence-corrected chi connectivity index (χ3v) is 3.81. The topological polar surface area (TPSA) is 48.1 Å². The average molecular weight is 337 g/mol. The summed E-state index contributed by atoms with van der Waals surface area (Å²) in [5.74, 6) is 1.14. The molecule has 0 aliphatic rings. The Morgan fingerprint density at radius 3 is 2.63 bits per heavy atom. The van der Waals surface area contributed by atoms with E-state index < -0.39 is 0 Å². The lowest BCUT2D eigenvalue weighted by atomic mass is 10.1. The van der Waals surface area contributed by atoms with E-state index >= 15 is 0 Å². The van der Waals surface area contributed by atoms with E-state index in [0.717, 1.165) is 15.6 Å². The van der Waals surface area contributed by atoms with Crippen LogP contribution in [0.25, 0.3) is 0 Å². The molecule has 19 heavy (non-hydrogen) atoms. The highest BCUT2D eigenvalue weighted by molar-refractivity contribution is 9.10. The summed E-state index contributed by atoms with van der Waals surface area (Å²) in [7, 11) is 0. The van der Waals surface area contributed by atoms with Gasteiger partial charge in [-0.3, -0.25) is 0 Å². The summed E-state index contributed by atoms with van der Waals surface area (Å²) in [6, 6.07) is 7.58. The first-order valence-electron chi connectivity index (χ1n) is 5.68. The van der Waals surface area contributed by atoms with Gasteiger partial charge in [-0.1, -0.05) is 28.1 Å². The van der Waals surface area contributed by atoms with Gasteiger partial charge in [0.15, 0.2) is 0 Å². The van der Waals surface area contributed by atoms with Crippen LogP contribution in [0.4, 0.5) is 0 Å². The standard InChI is InChI=1S/C14H13BrN2OS/c1-8-5-6-17-14(12(8)13(16)19)18-10-3-4-11(15)9(2)7-10/h3-7H,1-2H3,(H2,16,19). The number of rotatable bonds is 3. The fourth-order valence-corrected chi connectivity index (χ4v) is 2.20. The van der Waals surface area contributed by atoms with Gasteiger partial charge in [0.2, 0.25) is 5.88 Å². The monoisotopic (exact) mass is 336 g/mol. The molecule has 0 aliphatic carbocycles. The molecular weight excluding hydrogens is 324 g/mol. The molecule has 0 unspecified atom stereocenters. The van der Waals surface area contributed by atoms with Crippen LogP contribution < -0.4 is 10.5 Å². The Kier molecular flexibility index (Phi) is 4.17. The third kappa shape index (κ3) is 3.11. The number of nitrogens with zero attached hydrogens (tertiary/aromatic N) is 1. The van der Waals surface area contributed by atoms with Crippen molar-refractivity contribution in [2.75, 3.05) is 0 Å². The van der Waals surface area contributed by atoms with E-state index in [0.29, 0.717) is 17.2 Å². The van der Waals surface area contributed by atoms with Crippen LogP contribution in [-0.2, 0) is 0 Å². The molecule has 0 radical (unpaired) electrons. The molecule has 0 atom stereocenters. The second-order valence-corrected chi connectivity index (χ2v) is 5.48. The van der Waals surface area contributed by atoms with Crippen molar-refractivity contribution in [1.82, 2.24) is 4.98 Å². The first-order valence-corrected chi connectivity index (χ1v) is 6.88. The molecule has 1 aromatic carbocycles. The Hall–Kier alpha value is -1.46. The smallest absolute Gasteiger partial charge is 0.229 e. The number of pyridine rings is 1. The zero-order chi connectivity index (χ0) is 14.0. The predicted molar refractivity (Wildman–Crippen MR) is 83.8 cm³/mol. The van der Waals surface area contributed by atoms with Crippen molar-refractivity contribution >= 4 is 33.1 Å². The molecule has 0 aliphatic heterocycles. The number of hydrogen-bond donors (Lipinski definition) is 1. The van der Waals surface area contributed by atoms with Gasteiger partial charge in [-0.15, -0.1) is 0 Å². The van der Waals surface area contributed by atoms with Crippen LogP contribution in [-0.4, -0.2) is 9.97 Å². The van der Waals surface area contributed by atoms with Crippen molar-refractivity contribution in [2.45, 2.75) is 13.8 Å². The minimum atomic E-state index is 0.287. The Morgan fingerprint density at radius 1 is 1.26 bits per heavy atom. The lowest BCUT2D eigenvalue weighted by Gasteiger charge is -2.11. The van der Waals surface area contributed by atoms with E-state index in [4.69, 9.17) is 22.7 Å². The first kappa shape index (κ1) is 14.0. The lowest BCUT2D eigenvalue weighted by Crippen LogP contribution is -2.13. The van der Waals surface area contributed by atoms with Crippen LogP contribution in [0.5, 0.6) is 11.6 Å². The molecule has 2 rings (SSSR count). The SMILES string of the molecule is Cc1cc(Oc2nccc(C)c2C(N)=S)ccc1Br. The number of hydrogen-bond acceptors (Lipinski definition) is 3. The summed E-state index contributed by atoms with van der Waals surface area (Å²) in [6.45, 7) is 3.92. The molecule has 0 spiro atoms. The molecule has 0 fully saturated rings. The molecule has 98 valence electrons. The summed E-state index contributed by atoms with van der Waals surface area (Å²) >= 11 is 8.50. The van der Waals surface area contributed by atoms with Crippen LogP contribution in [0.1, 0.15) is 16.7 Å². The number of ether oxygens (including phenoxy) is 1. The quantitative estimate of drug-likeness (QED) is 0.864. The van der Waals surface area contributed by atoms with Crippen LogP contribution >= 0.6 is 28.1 Å². The summed E-state index contributed by atoms with van der Waals surface area (Å²) in [5.41, 5.74) is 8.44. The van der Waals surface area contributed by atoms with Gasteiger partial charge in [0.05, 0.1) is 5.56 Å². The normalized spacial score (nSPS) is 10.3. The van der Waals surface area contributed by atoms with Gasteiger partial charge < -0.3 is 10.5 Å². The average Bonchev–Trinajstić information content (AvgIpc) is 2.33. The van der Waals surface area contributed by atoms with Gasteiger partial charge in [-0.2, -0.15) is 0 Å². The maximum atomic E-state index is 5.79. The Morgan fingerprint density at radius 2 is 2.00 bits per heavy atom. The Balaban J connectivity index is 2.40. The number of aryl methyl sites for hydroxylation is 2. The number of nitrogens with two attached hydrogens (primary N) is 1. The van der Waals surface area contributed by atoms with Crippen molar-refractivity contribution in [3.05, 3.63) is 51.6 Å². The van der Waals surface area contributed by atoms with Gasteiger partial charge in [-0.25, -0.2) is 4.98 Å². The minimum absolute atomic E-state index is 0.287. The van der Waals surface area contributed by atoms with Gasteiger partial charge in [0.25, 0.3) is 0 Å². The van der Waals surface area contributed by atoms with Crippen molar-refractivity contribution in [3.63, 3.8) is 0 Å². The zero-order valence-corrected chi connectivity index (χ0v) is 13.0. The highest BCUT2D eigenvalue weighted by Crippen LogP contribution is 2.28. The molecule has 0 bridgehead atoms. The highest BCUT2D eigenvalue weighted by atomic mass is 79.9. The van der Waals surface area contributed by atoms with Crippen LogP contribution in [0.2, 0.25) is 0 Å². The molecule has 5 heteroatoms. The van der Waals surface area contributed by atoms with E-state index in [1.54, 1.807) is 6.20 Å². The van der Waals surface area contributed by atoms with E-state index in [1.807, 2.05) is 38.1 Å². The zero-order valence-electron chi connectivity index (χ0n) is 10.6. The third-order valence-electron chi connectivity index (χ3n) is 2.71. The van der Waals surface area contributed by atoms with E-state index in [2.05, 4.69) is 20.9 Å². The molecule has 0 saturated carbocycles. The number of benzene rings is 1. The molecule has 0 saturated heterocycles. The van der Waals surface area contributed by atoms with Gasteiger partial charge in [-0.05, 0) is 49.2 Å². The van der Waals surface area contributed by atoms with Gasteiger partial charge in [0.1, 0.15) is 10.7 Å². The van der Waals surface area contributed by atoms with E-state index in [-0.39, 0.29) is 4.99 Å². The fourth-order valence-electron chi connectivity index (χ4n) is 1.70. The summed E-state index contributed by atoms with van der Waals surface area (Å²) in [6.07, 6.45) is 1.68. The molecule has 1 aromatic heterocycles. The maximum absolute atomic E-state index is 5.79. The Labute approximate surface area is 125 Å². The summed E-state index contributed by atoms with van der Waals surface area (Å²) < 4.78 is 6.82. The van der Waals surface area contributed by atoms with Crippen molar-refractivity contribution in [3.8, 4) is 11.6 Å². The lowest BCUT2D eigenvalue weighted by molar-refractivity contribution is 0.461. The first-order chi connectivity index (χ1) is 8.99. The fraction of sp³-hybridized carbons (Fsp3) is 0.143. The number of thiocarbonyl (C=S) groups is 1. The molecule has 2 aromatic rings. The molecular formula is C14H13BrN2OS. The number of aromatic nitrogens is 1. The van der Waals surface area contributed by atoms with Crippen molar-refractivity contribution in [1.29, 1.82) is 0 Å². The summed E-state index contributed by atoms with van der Waals surface area (Å²) in [4.78, 5) is 4.49. The molecule has 2 N–H and O–H groups in total. The largest absolute Gasteiger partial charge is 0.438 e. The maximum Gasteiger partial charge on any atom is 0.229 e. The van der Waals surface area contributed by atoms with Crippen molar-refractivity contribution < 1.29 is 4.74 Å². The van der Waals surface area contributed by atoms with Crippen LogP contribution in [0.15, 0.2) is 34.9 Å². The molecule has 1 heterocycles. The van der Waals surface area contributed by atoms with E-state index in [9.17, 15) is 0 Å². The molecule has 0 amide bonds. The van der Waals surface area contributed by atoms with Crippen LogP contribution in [0.3, 0.4) is 0 Å². The van der Waals surface area contributed by atoms with Gasteiger partial charge in [0, 0.05) is 10.7 Å². The van der Waals surface area contributed by atoms with Gasteiger partial charge >= 0.3 is 0 Å². The predicted octanol–water partition coefficient (Wildman–Crippen LogP) is 3.89.